The van der Waals surface area contributed by atoms with Crippen LogP contribution in [-0.2, 0) is 9.53 Å². The number of hydrogen-bond donors (Lipinski definition) is 1. The van der Waals surface area contributed by atoms with Gasteiger partial charge in [-0.25, -0.2) is 0 Å². The van der Waals surface area contributed by atoms with Crippen molar-refractivity contribution in [1.82, 2.24) is 5.32 Å². The van der Waals surface area contributed by atoms with E-state index in [-0.39, 0.29) is 5.91 Å². The molecule has 3 heteroatoms. The summed E-state index contributed by atoms with van der Waals surface area (Å²) in [5, 5.41) is 2.97. The van der Waals surface area contributed by atoms with Crippen LogP contribution in [0, 0.1) is 6.61 Å². The van der Waals surface area contributed by atoms with Crippen molar-refractivity contribution in [1.29, 1.82) is 0 Å². The molecule has 0 unspecified atom stereocenters. The summed E-state index contributed by atoms with van der Waals surface area (Å²) in [5.41, 5.74) is 0. The van der Waals surface area contributed by atoms with Crippen molar-refractivity contribution in [3.8, 4) is 0 Å². The summed E-state index contributed by atoms with van der Waals surface area (Å²) >= 11 is 0. The van der Waals surface area contributed by atoms with Crippen LogP contribution in [0.2, 0.25) is 0 Å². The van der Waals surface area contributed by atoms with E-state index in [0.717, 1.165) is 12.8 Å². The molecule has 0 aromatic carbocycles. The van der Waals surface area contributed by atoms with Crippen molar-refractivity contribution in [2.75, 3.05) is 7.11 Å². The second-order valence-electron chi connectivity index (χ2n) is 3.90. The predicted octanol–water partition coefficient (Wildman–Crippen LogP) is 2.02. The van der Waals surface area contributed by atoms with Crippen molar-refractivity contribution < 1.29 is 9.53 Å². The van der Waals surface area contributed by atoms with Crippen LogP contribution in [0.4, 0.5) is 0 Å². The molecule has 1 saturated carbocycles. The van der Waals surface area contributed by atoms with Gasteiger partial charge in [0.05, 0.1) is 0 Å². The van der Waals surface area contributed by atoms with Gasteiger partial charge in [-0.15, -0.1) is 0 Å². The lowest BCUT2D eigenvalue weighted by molar-refractivity contribution is -0.121. The van der Waals surface area contributed by atoms with Crippen LogP contribution < -0.4 is 5.32 Å². The van der Waals surface area contributed by atoms with E-state index in [1.165, 1.54) is 45.8 Å². The number of ether oxygens (including phenoxy) is 1. The van der Waals surface area contributed by atoms with Crippen molar-refractivity contribution >= 4 is 5.91 Å². The zero-order chi connectivity index (χ0) is 10.2. The minimum absolute atomic E-state index is 0.0990. The van der Waals surface area contributed by atoms with Crippen molar-refractivity contribution in [2.24, 2.45) is 0 Å². The highest BCUT2D eigenvalue weighted by atomic mass is 16.5. The Labute approximate surface area is 86.2 Å². The topological polar surface area (TPSA) is 38.3 Å². The van der Waals surface area contributed by atoms with Gasteiger partial charge in [-0.1, -0.05) is 32.1 Å². The zero-order valence-electron chi connectivity index (χ0n) is 8.92. The first kappa shape index (κ1) is 11.5. The molecule has 1 fully saturated rings. The molecule has 14 heavy (non-hydrogen) atoms. The lowest BCUT2D eigenvalue weighted by Crippen LogP contribution is -2.35. The van der Waals surface area contributed by atoms with Crippen LogP contribution in [0.1, 0.15) is 44.9 Å². The Balaban J connectivity index is 2.22. The maximum absolute atomic E-state index is 11.2. The van der Waals surface area contributed by atoms with Crippen LogP contribution in [0.15, 0.2) is 0 Å². The van der Waals surface area contributed by atoms with Gasteiger partial charge in [0.15, 0.2) is 6.61 Å². The first-order valence-corrected chi connectivity index (χ1v) is 5.49. The molecule has 1 radical (unpaired) electrons. The number of carbonyl (C=O) groups is 1. The third-order valence-corrected chi connectivity index (χ3v) is 2.68. The molecule has 1 aliphatic rings. The summed E-state index contributed by atoms with van der Waals surface area (Å²) in [4.78, 5) is 11.2. The molecule has 0 saturated heterocycles. The predicted molar refractivity (Wildman–Crippen MR) is 55.6 cm³/mol. The quantitative estimate of drug-likeness (QED) is 0.753. The smallest absolute Gasteiger partial charge is 0.252 e. The van der Waals surface area contributed by atoms with Crippen LogP contribution in [0.5, 0.6) is 0 Å². The van der Waals surface area contributed by atoms with Gasteiger partial charge in [0.25, 0.3) is 5.91 Å². The summed E-state index contributed by atoms with van der Waals surface area (Å²) < 4.78 is 4.66. The van der Waals surface area contributed by atoms with Gasteiger partial charge in [0, 0.05) is 13.2 Å². The molecular formula is C11H20NO2. The van der Waals surface area contributed by atoms with Gasteiger partial charge >= 0.3 is 0 Å². The fourth-order valence-electron chi connectivity index (χ4n) is 1.94. The highest BCUT2D eigenvalue weighted by Crippen LogP contribution is 2.16. The molecule has 1 N–H and O–H groups in total. The molecule has 0 aromatic rings. The number of carbonyl (C=O) groups excluding carboxylic acids is 1. The Morgan fingerprint density at radius 2 is 1.79 bits per heavy atom. The number of rotatable bonds is 3. The molecule has 3 nitrogen and oxygen atoms in total. The molecule has 0 bridgehead atoms. The monoisotopic (exact) mass is 198 g/mol. The first-order valence-electron chi connectivity index (χ1n) is 5.49. The number of hydrogen-bond acceptors (Lipinski definition) is 2. The van der Waals surface area contributed by atoms with E-state index in [9.17, 15) is 4.79 Å². The zero-order valence-corrected chi connectivity index (χ0v) is 8.92. The molecular weight excluding hydrogens is 178 g/mol. The van der Waals surface area contributed by atoms with Crippen LogP contribution >= 0.6 is 0 Å². The molecule has 0 heterocycles. The van der Waals surface area contributed by atoms with Crippen LogP contribution in [0.3, 0.4) is 0 Å². The molecule has 1 rings (SSSR count). The first-order chi connectivity index (χ1) is 6.83. The summed E-state index contributed by atoms with van der Waals surface area (Å²) in [7, 11) is 1.50. The standard InChI is InChI=1S/C11H20NO2/c1-14-9-11(13)12-10-7-5-3-2-4-6-8-10/h9-10H,2-8H2,1H3,(H,12,13). The Morgan fingerprint density at radius 3 is 2.36 bits per heavy atom. The van der Waals surface area contributed by atoms with E-state index in [0.29, 0.717) is 6.04 Å². The average molecular weight is 198 g/mol. The molecule has 1 aliphatic carbocycles. The minimum Gasteiger partial charge on any atom is -0.368 e. The lowest BCUT2D eigenvalue weighted by Gasteiger charge is -2.20. The van der Waals surface area contributed by atoms with Gasteiger partial charge in [-0.2, -0.15) is 0 Å². The minimum atomic E-state index is -0.0990. The highest BCUT2D eigenvalue weighted by Gasteiger charge is 2.13. The van der Waals surface area contributed by atoms with E-state index in [1.807, 2.05) is 0 Å². The van der Waals surface area contributed by atoms with E-state index in [1.54, 1.807) is 0 Å². The Bertz CT molecular complexity index is 163. The second kappa shape index (κ2) is 6.82. The molecule has 81 valence electrons. The van der Waals surface area contributed by atoms with Crippen molar-refractivity contribution in [3.05, 3.63) is 6.61 Å². The third-order valence-electron chi connectivity index (χ3n) is 2.68. The normalized spacial score (nSPS) is 19.8. The fraction of sp³-hybridized carbons (Fsp3) is 0.818. The molecule has 0 aliphatic heterocycles. The average Bonchev–Trinajstić information content (AvgIpc) is 2.10. The van der Waals surface area contributed by atoms with Crippen LogP contribution in [-0.4, -0.2) is 19.1 Å². The summed E-state index contributed by atoms with van der Waals surface area (Å²) in [5.74, 6) is -0.0990. The Kier molecular flexibility index (Phi) is 5.60. The van der Waals surface area contributed by atoms with E-state index >= 15 is 0 Å². The number of amides is 1. The van der Waals surface area contributed by atoms with Gasteiger partial charge in [0.1, 0.15) is 0 Å². The molecule has 0 spiro atoms. The molecule has 0 atom stereocenters. The largest absolute Gasteiger partial charge is 0.368 e. The summed E-state index contributed by atoms with van der Waals surface area (Å²) in [6.45, 7) is 1.23. The third kappa shape index (κ3) is 4.61. The highest BCUT2D eigenvalue weighted by molar-refractivity contribution is 5.83. The molecule has 0 aromatic heterocycles. The lowest BCUT2D eigenvalue weighted by atomic mass is 9.97. The van der Waals surface area contributed by atoms with E-state index in [4.69, 9.17) is 0 Å². The second-order valence-corrected chi connectivity index (χ2v) is 3.90. The van der Waals surface area contributed by atoms with Gasteiger partial charge in [0.2, 0.25) is 0 Å². The Morgan fingerprint density at radius 1 is 1.21 bits per heavy atom. The van der Waals surface area contributed by atoms with Crippen LogP contribution in [0.25, 0.3) is 0 Å². The SMILES string of the molecule is CO[CH]C(=O)NC1CCCCCCC1. The number of nitrogens with one attached hydrogen (secondary N) is 1. The van der Waals surface area contributed by atoms with Gasteiger partial charge < -0.3 is 10.1 Å². The van der Waals surface area contributed by atoms with Gasteiger partial charge in [-0.3, -0.25) is 4.79 Å². The van der Waals surface area contributed by atoms with E-state index < -0.39 is 0 Å². The van der Waals surface area contributed by atoms with E-state index in [2.05, 4.69) is 10.1 Å². The summed E-state index contributed by atoms with van der Waals surface area (Å²) in [6.07, 6.45) is 8.66. The van der Waals surface area contributed by atoms with Crippen molar-refractivity contribution in [3.63, 3.8) is 0 Å². The maximum Gasteiger partial charge on any atom is 0.252 e. The fourth-order valence-corrected chi connectivity index (χ4v) is 1.94. The maximum atomic E-state index is 11.2. The Hall–Kier alpha value is -0.570. The summed E-state index contributed by atoms with van der Waals surface area (Å²) in [6, 6.07) is 0.356. The number of methoxy groups -OCH3 is 1. The van der Waals surface area contributed by atoms with Crippen molar-refractivity contribution in [2.45, 2.75) is 51.0 Å². The van der Waals surface area contributed by atoms with Gasteiger partial charge in [-0.05, 0) is 12.8 Å². The molecule has 1 amide bonds.